The Morgan fingerprint density at radius 3 is 2.58 bits per heavy atom. The van der Waals surface area contributed by atoms with Crippen LogP contribution in [0.1, 0.15) is 27.2 Å². The molecular formula is C23H22ClF3N2O2. The largest absolute Gasteiger partial charge is 0.416 e. The van der Waals surface area contributed by atoms with Crippen molar-refractivity contribution in [1.29, 1.82) is 0 Å². The molecule has 164 valence electrons. The van der Waals surface area contributed by atoms with Crippen LogP contribution in [-0.2, 0) is 24.0 Å². The lowest BCUT2D eigenvalue weighted by atomic mass is 10.1. The van der Waals surface area contributed by atoms with Crippen LogP contribution in [0.3, 0.4) is 0 Å². The van der Waals surface area contributed by atoms with Crippen LogP contribution >= 0.6 is 11.6 Å². The number of carbonyl (C=O) groups excluding carboxylic acids is 1. The van der Waals surface area contributed by atoms with Crippen molar-refractivity contribution in [3.8, 4) is 0 Å². The summed E-state index contributed by atoms with van der Waals surface area (Å²) < 4.78 is 46.0. The minimum absolute atomic E-state index is 0.241. The number of hydrogen-bond acceptors (Lipinski definition) is 2. The molecule has 0 aliphatic carbocycles. The van der Waals surface area contributed by atoms with Crippen molar-refractivity contribution < 1.29 is 22.7 Å². The van der Waals surface area contributed by atoms with Gasteiger partial charge in [0, 0.05) is 32.1 Å². The quantitative estimate of drug-likeness (QED) is 0.454. The summed E-state index contributed by atoms with van der Waals surface area (Å²) in [5.41, 5.74) is 1.01. The molecule has 1 amide bonds. The van der Waals surface area contributed by atoms with Crippen LogP contribution in [0.2, 0.25) is 5.02 Å². The maximum Gasteiger partial charge on any atom is 0.416 e. The summed E-state index contributed by atoms with van der Waals surface area (Å²) in [7, 11) is 1.55. The van der Waals surface area contributed by atoms with E-state index in [1.54, 1.807) is 54.6 Å². The third kappa shape index (κ3) is 5.89. The molecule has 0 fully saturated rings. The van der Waals surface area contributed by atoms with E-state index in [1.165, 1.54) is 6.07 Å². The maximum absolute atomic E-state index is 13.1. The van der Waals surface area contributed by atoms with E-state index in [-0.39, 0.29) is 19.0 Å². The average Bonchev–Trinajstić information content (AvgIpc) is 3.17. The first-order valence-electron chi connectivity index (χ1n) is 9.62. The minimum atomic E-state index is -4.39. The Hall–Kier alpha value is -2.77. The van der Waals surface area contributed by atoms with E-state index in [0.717, 1.165) is 17.8 Å². The van der Waals surface area contributed by atoms with Gasteiger partial charge in [0.2, 0.25) is 0 Å². The second-order valence-electron chi connectivity index (χ2n) is 7.02. The molecule has 3 aromatic rings. The molecule has 0 N–H and O–H groups in total. The van der Waals surface area contributed by atoms with E-state index in [9.17, 15) is 18.0 Å². The molecule has 3 rings (SSSR count). The molecule has 1 aromatic heterocycles. The lowest BCUT2D eigenvalue weighted by Crippen LogP contribution is -2.34. The number of ether oxygens (including phenoxy) is 1. The smallest absolute Gasteiger partial charge is 0.383 e. The van der Waals surface area contributed by atoms with Crippen LogP contribution in [-0.4, -0.2) is 35.6 Å². The van der Waals surface area contributed by atoms with Gasteiger partial charge in [-0.3, -0.25) is 4.79 Å². The highest BCUT2D eigenvalue weighted by molar-refractivity contribution is 6.33. The van der Waals surface area contributed by atoms with Crippen LogP contribution < -0.4 is 0 Å². The molecule has 0 saturated heterocycles. The number of nitrogens with zero attached hydrogens (tertiary/aromatic N) is 2. The van der Waals surface area contributed by atoms with Crippen LogP contribution in [0.15, 0.2) is 66.9 Å². The van der Waals surface area contributed by atoms with Gasteiger partial charge in [0.25, 0.3) is 5.91 Å². The molecule has 1 heterocycles. The van der Waals surface area contributed by atoms with Gasteiger partial charge in [-0.15, -0.1) is 0 Å². The van der Waals surface area contributed by atoms with Crippen molar-refractivity contribution in [3.05, 3.63) is 94.3 Å². The number of benzene rings is 2. The van der Waals surface area contributed by atoms with Crippen molar-refractivity contribution in [2.24, 2.45) is 0 Å². The van der Waals surface area contributed by atoms with Crippen molar-refractivity contribution in [3.63, 3.8) is 0 Å². The number of halogens is 4. The summed E-state index contributed by atoms with van der Waals surface area (Å²) in [6.07, 6.45) is -2.61. The molecule has 2 aromatic carbocycles. The Morgan fingerprint density at radius 1 is 1.10 bits per heavy atom. The lowest BCUT2D eigenvalue weighted by Gasteiger charge is -2.24. The summed E-state index contributed by atoms with van der Waals surface area (Å²) >= 11 is 6.19. The summed E-state index contributed by atoms with van der Waals surface area (Å²) in [4.78, 5) is 14.7. The van der Waals surface area contributed by atoms with Crippen LogP contribution in [0.4, 0.5) is 13.2 Å². The van der Waals surface area contributed by atoms with E-state index in [1.807, 2.05) is 10.6 Å². The zero-order chi connectivity index (χ0) is 22.4. The molecule has 0 unspecified atom stereocenters. The Morgan fingerprint density at radius 2 is 1.87 bits per heavy atom. The van der Waals surface area contributed by atoms with Gasteiger partial charge in [0.1, 0.15) is 0 Å². The second kappa shape index (κ2) is 10.0. The molecule has 4 nitrogen and oxygen atoms in total. The summed E-state index contributed by atoms with van der Waals surface area (Å²) in [6.45, 7) is 1.20. The predicted molar refractivity (Wildman–Crippen MR) is 113 cm³/mol. The molecule has 0 aliphatic rings. The number of amides is 1. The Labute approximate surface area is 183 Å². The van der Waals surface area contributed by atoms with Crippen molar-refractivity contribution >= 4 is 17.5 Å². The number of alkyl halides is 3. The molecular weight excluding hydrogens is 429 g/mol. The molecule has 0 bridgehead atoms. The molecule has 0 spiro atoms. The molecule has 31 heavy (non-hydrogen) atoms. The second-order valence-corrected chi connectivity index (χ2v) is 7.43. The molecule has 8 heteroatoms. The van der Waals surface area contributed by atoms with Crippen molar-refractivity contribution in [2.45, 2.75) is 19.3 Å². The van der Waals surface area contributed by atoms with Gasteiger partial charge in [0.05, 0.1) is 29.3 Å². The first-order valence-corrected chi connectivity index (χ1v) is 10.0. The minimum Gasteiger partial charge on any atom is -0.383 e. The Bertz CT molecular complexity index is 1030. The van der Waals surface area contributed by atoms with Gasteiger partial charge < -0.3 is 14.2 Å². The topological polar surface area (TPSA) is 34.5 Å². The predicted octanol–water partition coefficient (Wildman–Crippen LogP) is 5.50. The van der Waals surface area contributed by atoms with Crippen LogP contribution in [0.5, 0.6) is 0 Å². The summed E-state index contributed by atoms with van der Waals surface area (Å²) in [5, 5.41) is 0.356. The highest BCUT2D eigenvalue weighted by Crippen LogP contribution is 2.29. The third-order valence-corrected chi connectivity index (χ3v) is 5.17. The standard InChI is InChI=1S/C23H22ClF3N2O2/c1-31-13-12-29(22(30)20-9-2-3-10-21(20)24)16-19-8-5-11-28(19)15-17-6-4-7-18(14-17)23(25,26)27/h2-11,14H,12-13,15-16H2,1H3. The SMILES string of the molecule is COCCN(Cc1cccn1Cc1cccc(C(F)(F)F)c1)C(=O)c1ccccc1Cl. The zero-order valence-electron chi connectivity index (χ0n) is 16.9. The van der Waals surface area contributed by atoms with Gasteiger partial charge in [-0.05, 0) is 42.0 Å². The number of methoxy groups -OCH3 is 1. The monoisotopic (exact) mass is 450 g/mol. The van der Waals surface area contributed by atoms with E-state index in [2.05, 4.69) is 0 Å². The summed E-state index contributed by atoms with van der Waals surface area (Å²) in [5.74, 6) is -0.241. The normalized spacial score (nSPS) is 11.5. The molecule has 0 saturated carbocycles. The zero-order valence-corrected chi connectivity index (χ0v) is 17.7. The van der Waals surface area contributed by atoms with Gasteiger partial charge in [0.15, 0.2) is 0 Å². The Kier molecular flexibility index (Phi) is 7.41. The van der Waals surface area contributed by atoms with E-state index < -0.39 is 11.7 Å². The molecule has 0 aliphatic heterocycles. The Balaban J connectivity index is 1.82. The number of aromatic nitrogens is 1. The van der Waals surface area contributed by atoms with E-state index in [4.69, 9.17) is 16.3 Å². The van der Waals surface area contributed by atoms with Gasteiger partial charge in [-0.1, -0.05) is 35.9 Å². The van der Waals surface area contributed by atoms with Gasteiger partial charge >= 0.3 is 6.18 Å². The fourth-order valence-electron chi connectivity index (χ4n) is 3.24. The fraction of sp³-hybridized carbons (Fsp3) is 0.261. The van der Waals surface area contributed by atoms with E-state index in [0.29, 0.717) is 29.3 Å². The van der Waals surface area contributed by atoms with E-state index >= 15 is 0 Å². The highest BCUT2D eigenvalue weighted by atomic mass is 35.5. The fourth-order valence-corrected chi connectivity index (χ4v) is 3.46. The molecule has 0 radical (unpaired) electrons. The van der Waals surface area contributed by atoms with Crippen molar-refractivity contribution in [1.82, 2.24) is 9.47 Å². The van der Waals surface area contributed by atoms with Gasteiger partial charge in [-0.25, -0.2) is 0 Å². The number of rotatable bonds is 8. The average molecular weight is 451 g/mol. The highest BCUT2D eigenvalue weighted by Gasteiger charge is 2.30. The first kappa shape index (κ1) is 22.9. The lowest BCUT2D eigenvalue weighted by molar-refractivity contribution is -0.137. The third-order valence-electron chi connectivity index (χ3n) is 4.84. The maximum atomic E-state index is 13.1. The van der Waals surface area contributed by atoms with Crippen LogP contribution in [0, 0.1) is 0 Å². The first-order chi connectivity index (χ1) is 14.8. The summed E-state index contributed by atoms with van der Waals surface area (Å²) in [6, 6.07) is 15.7. The number of hydrogen-bond donors (Lipinski definition) is 0. The molecule has 0 atom stereocenters. The van der Waals surface area contributed by atoms with Crippen LogP contribution in [0.25, 0.3) is 0 Å². The number of carbonyl (C=O) groups is 1. The van der Waals surface area contributed by atoms with Gasteiger partial charge in [-0.2, -0.15) is 13.2 Å². The van der Waals surface area contributed by atoms with Crippen molar-refractivity contribution in [2.75, 3.05) is 20.3 Å².